The van der Waals surface area contributed by atoms with Crippen molar-refractivity contribution in [3.8, 4) is 0 Å². The molecule has 0 saturated heterocycles. The number of hydrogen-bond acceptors (Lipinski definition) is 2. The van der Waals surface area contributed by atoms with Gasteiger partial charge >= 0.3 is 0 Å². The second-order valence-corrected chi connectivity index (χ2v) is 5.52. The van der Waals surface area contributed by atoms with E-state index >= 15 is 0 Å². The van der Waals surface area contributed by atoms with Crippen LogP contribution >= 0.6 is 0 Å². The van der Waals surface area contributed by atoms with Crippen LogP contribution < -0.4 is 5.32 Å². The number of hydrogen-bond donors (Lipinski definition) is 2. The number of carbonyl (C=O) groups excluding carboxylic acids is 1. The summed E-state index contributed by atoms with van der Waals surface area (Å²) >= 11 is 0. The summed E-state index contributed by atoms with van der Waals surface area (Å²) in [4.78, 5) is 12.0. The zero-order chi connectivity index (χ0) is 17.2. The van der Waals surface area contributed by atoms with E-state index in [-0.39, 0.29) is 17.7 Å². The highest BCUT2D eigenvalue weighted by atomic mass is 19.1. The number of nitrogens with one attached hydrogen (secondary N) is 1. The van der Waals surface area contributed by atoms with E-state index < -0.39 is 29.0 Å². The standard InChI is InChI=1S/C17H16F3NO2/c1-10-4-3-5-12(15(10)20)16(22)21-9-17(2,23)13-7-6-11(18)8-14(13)19/h3-8,23H,9H2,1-2H3,(H,21,22). The lowest BCUT2D eigenvalue weighted by Gasteiger charge is -2.24. The first-order valence-corrected chi connectivity index (χ1v) is 6.93. The summed E-state index contributed by atoms with van der Waals surface area (Å²) in [5, 5.41) is 12.7. The van der Waals surface area contributed by atoms with Gasteiger partial charge in [-0.15, -0.1) is 0 Å². The minimum atomic E-state index is -1.77. The van der Waals surface area contributed by atoms with Gasteiger partial charge in [-0.25, -0.2) is 13.2 Å². The van der Waals surface area contributed by atoms with E-state index in [9.17, 15) is 23.1 Å². The van der Waals surface area contributed by atoms with Gasteiger partial charge in [0.05, 0.1) is 12.1 Å². The summed E-state index contributed by atoms with van der Waals surface area (Å²) in [6, 6.07) is 7.12. The van der Waals surface area contributed by atoms with Crippen LogP contribution in [0.5, 0.6) is 0 Å². The van der Waals surface area contributed by atoms with E-state index in [1.807, 2.05) is 0 Å². The molecule has 0 aliphatic rings. The van der Waals surface area contributed by atoms with Crippen molar-refractivity contribution < 1.29 is 23.1 Å². The Labute approximate surface area is 131 Å². The topological polar surface area (TPSA) is 49.3 Å². The first-order valence-electron chi connectivity index (χ1n) is 6.93. The van der Waals surface area contributed by atoms with Gasteiger partial charge in [0.2, 0.25) is 0 Å². The number of aliphatic hydroxyl groups is 1. The molecule has 3 nitrogen and oxygen atoms in total. The fraction of sp³-hybridized carbons (Fsp3) is 0.235. The Hall–Kier alpha value is -2.34. The average Bonchev–Trinajstić information content (AvgIpc) is 2.47. The first kappa shape index (κ1) is 17.0. The summed E-state index contributed by atoms with van der Waals surface area (Å²) in [7, 11) is 0. The van der Waals surface area contributed by atoms with E-state index in [2.05, 4.69) is 5.32 Å². The summed E-state index contributed by atoms with van der Waals surface area (Å²) in [6.07, 6.45) is 0. The predicted octanol–water partition coefficient (Wildman–Crippen LogP) is 3.05. The number of aryl methyl sites for hydroxylation is 1. The maximum atomic E-state index is 13.9. The highest BCUT2D eigenvalue weighted by Gasteiger charge is 2.28. The number of amides is 1. The van der Waals surface area contributed by atoms with Crippen molar-refractivity contribution in [1.82, 2.24) is 5.32 Å². The molecule has 2 rings (SSSR count). The molecule has 1 amide bonds. The van der Waals surface area contributed by atoms with Gasteiger partial charge in [-0.2, -0.15) is 0 Å². The Morgan fingerprint density at radius 1 is 1.22 bits per heavy atom. The van der Waals surface area contributed by atoms with Gasteiger partial charge in [-0.3, -0.25) is 4.79 Å². The third-order valence-corrected chi connectivity index (χ3v) is 3.54. The Balaban J connectivity index is 2.15. The molecule has 0 aliphatic carbocycles. The lowest BCUT2D eigenvalue weighted by atomic mass is 9.95. The van der Waals surface area contributed by atoms with E-state index in [0.717, 1.165) is 12.1 Å². The average molecular weight is 323 g/mol. The van der Waals surface area contributed by atoms with Crippen LogP contribution in [0, 0.1) is 24.4 Å². The Morgan fingerprint density at radius 3 is 2.57 bits per heavy atom. The molecule has 2 aromatic carbocycles. The first-order chi connectivity index (χ1) is 10.7. The van der Waals surface area contributed by atoms with Crippen LogP contribution in [0.25, 0.3) is 0 Å². The molecule has 0 spiro atoms. The van der Waals surface area contributed by atoms with Crippen LogP contribution in [-0.2, 0) is 5.60 Å². The third-order valence-electron chi connectivity index (χ3n) is 3.54. The zero-order valence-electron chi connectivity index (χ0n) is 12.7. The minimum absolute atomic E-state index is 0.163. The van der Waals surface area contributed by atoms with E-state index in [0.29, 0.717) is 11.6 Å². The second kappa shape index (κ2) is 6.42. The molecule has 0 radical (unpaired) electrons. The fourth-order valence-corrected chi connectivity index (χ4v) is 2.19. The molecule has 0 aromatic heterocycles. The Kier molecular flexibility index (Phi) is 4.75. The smallest absolute Gasteiger partial charge is 0.254 e. The largest absolute Gasteiger partial charge is 0.383 e. The van der Waals surface area contributed by atoms with Crippen LogP contribution in [-0.4, -0.2) is 17.6 Å². The van der Waals surface area contributed by atoms with E-state index in [1.54, 1.807) is 0 Å². The zero-order valence-corrected chi connectivity index (χ0v) is 12.7. The van der Waals surface area contributed by atoms with Crippen molar-refractivity contribution in [3.63, 3.8) is 0 Å². The molecule has 2 N–H and O–H groups in total. The van der Waals surface area contributed by atoms with Crippen molar-refractivity contribution >= 4 is 5.91 Å². The summed E-state index contributed by atoms with van der Waals surface area (Å²) < 4.78 is 40.5. The predicted molar refractivity (Wildman–Crippen MR) is 79.4 cm³/mol. The van der Waals surface area contributed by atoms with Crippen LogP contribution in [0.15, 0.2) is 36.4 Å². The number of rotatable bonds is 4. The lowest BCUT2D eigenvalue weighted by molar-refractivity contribution is 0.0493. The van der Waals surface area contributed by atoms with Gasteiger partial charge < -0.3 is 10.4 Å². The van der Waals surface area contributed by atoms with Crippen LogP contribution in [0.2, 0.25) is 0 Å². The highest BCUT2D eigenvalue weighted by molar-refractivity contribution is 5.94. The molecular formula is C17H16F3NO2. The molecule has 1 atom stereocenters. The van der Waals surface area contributed by atoms with Gasteiger partial charge in [-0.1, -0.05) is 18.2 Å². The molecule has 2 aromatic rings. The lowest BCUT2D eigenvalue weighted by Crippen LogP contribution is -2.39. The normalized spacial score (nSPS) is 13.5. The van der Waals surface area contributed by atoms with Crippen molar-refractivity contribution in [1.29, 1.82) is 0 Å². The van der Waals surface area contributed by atoms with Crippen molar-refractivity contribution in [3.05, 3.63) is 70.5 Å². The number of halogens is 3. The molecule has 0 aliphatic heterocycles. The molecular weight excluding hydrogens is 307 g/mol. The minimum Gasteiger partial charge on any atom is -0.383 e. The van der Waals surface area contributed by atoms with Gasteiger partial charge in [0, 0.05) is 11.6 Å². The monoisotopic (exact) mass is 323 g/mol. The van der Waals surface area contributed by atoms with E-state index in [1.165, 1.54) is 32.0 Å². The molecule has 6 heteroatoms. The molecule has 122 valence electrons. The molecule has 0 fully saturated rings. The quantitative estimate of drug-likeness (QED) is 0.908. The fourth-order valence-electron chi connectivity index (χ4n) is 2.19. The van der Waals surface area contributed by atoms with Crippen molar-refractivity contribution in [2.75, 3.05) is 6.54 Å². The molecule has 23 heavy (non-hydrogen) atoms. The molecule has 0 saturated carbocycles. The molecule has 0 bridgehead atoms. The second-order valence-electron chi connectivity index (χ2n) is 5.52. The summed E-state index contributed by atoms with van der Waals surface area (Å²) in [6.45, 7) is 2.44. The Morgan fingerprint density at radius 2 is 1.91 bits per heavy atom. The van der Waals surface area contributed by atoms with Gasteiger partial charge in [0.1, 0.15) is 23.1 Å². The molecule has 1 unspecified atom stereocenters. The SMILES string of the molecule is Cc1cccc(C(=O)NCC(C)(O)c2ccc(F)cc2F)c1F. The molecule has 0 heterocycles. The van der Waals surface area contributed by atoms with Gasteiger partial charge in [0.15, 0.2) is 0 Å². The summed E-state index contributed by atoms with van der Waals surface area (Å²) in [5.41, 5.74) is -1.79. The number of benzene rings is 2. The third kappa shape index (κ3) is 3.71. The van der Waals surface area contributed by atoms with Crippen LogP contribution in [0.1, 0.15) is 28.4 Å². The maximum absolute atomic E-state index is 13.9. The van der Waals surface area contributed by atoms with Crippen molar-refractivity contribution in [2.24, 2.45) is 0 Å². The van der Waals surface area contributed by atoms with Crippen LogP contribution in [0.4, 0.5) is 13.2 Å². The Bertz CT molecular complexity index is 745. The van der Waals surface area contributed by atoms with Gasteiger partial charge in [0.25, 0.3) is 5.91 Å². The number of carbonyl (C=O) groups is 1. The van der Waals surface area contributed by atoms with Crippen LogP contribution in [0.3, 0.4) is 0 Å². The van der Waals surface area contributed by atoms with Gasteiger partial charge in [-0.05, 0) is 31.5 Å². The van der Waals surface area contributed by atoms with E-state index in [4.69, 9.17) is 0 Å². The summed E-state index contributed by atoms with van der Waals surface area (Å²) in [5.74, 6) is -3.08. The highest BCUT2D eigenvalue weighted by Crippen LogP contribution is 2.23. The maximum Gasteiger partial charge on any atom is 0.254 e. The van der Waals surface area contributed by atoms with Crippen molar-refractivity contribution in [2.45, 2.75) is 19.4 Å².